The molecule has 3 aromatic heterocycles. The summed E-state index contributed by atoms with van der Waals surface area (Å²) in [5, 5.41) is 20.8. The molecule has 0 unspecified atom stereocenters. The Morgan fingerprint density at radius 2 is 2.00 bits per heavy atom. The molecule has 9 nitrogen and oxygen atoms in total. The van der Waals surface area contributed by atoms with E-state index in [0.717, 1.165) is 25.7 Å². The number of hydrogen-bond acceptors (Lipinski definition) is 6. The van der Waals surface area contributed by atoms with Crippen LogP contribution >= 0.6 is 0 Å². The molecule has 1 aliphatic carbocycles. The van der Waals surface area contributed by atoms with Crippen LogP contribution in [-0.4, -0.2) is 54.6 Å². The third-order valence-electron chi connectivity index (χ3n) is 7.36. The van der Waals surface area contributed by atoms with Crippen molar-refractivity contribution in [2.75, 3.05) is 23.3 Å². The highest BCUT2D eigenvalue weighted by molar-refractivity contribution is 6.08. The molecule has 1 amide bonds. The second kappa shape index (κ2) is 9.52. The van der Waals surface area contributed by atoms with Crippen molar-refractivity contribution >= 4 is 23.1 Å². The minimum atomic E-state index is -2.81. The zero-order chi connectivity index (χ0) is 24.7. The number of halogens is 2. The zero-order valence-corrected chi connectivity index (χ0v) is 19.9. The Morgan fingerprint density at radius 1 is 1.23 bits per heavy atom. The Labute approximate surface area is 203 Å². The second-order valence-electron chi connectivity index (χ2n) is 9.98. The van der Waals surface area contributed by atoms with Gasteiger partial charge in [0.25, 0.3) is 12.3 Å². The first-order valence-corrected chi connectivity index (χ1v) is 12.3. The number of carbonyl (C=O) groups is 1. The number of anilines is 2. The topological polar surface area (TPSA) is 101 Å². The van der Waals surface area contributed by atoms with Gasteiger partial charge >= 0.3 is 0 Å². The van der Waals surface area contributed by atoms with Gasteiger partial charge in [-0.2, -0.15) is 10.2 Å². The number of aliphatic hydroxyl groups is 1. The lowest BCUT2D eigenvalue weighted by Crippen LogP contribution is -2.22. The highest BCUT2D eigenvalue weighted by Gasteiger charge is 2.28. The standard InChI is InChI=1S/C24H31F2N7O2.H2/c1-14(2)15-3-5-16(6-4-15)33-13-19(21(30-33)22(25)26)28-24(35)18-11-27-32-10-8-20(29-23(18)32)31-9-7-17(34)12-31;/h8,10-11,13-17,22,34H,3-7,9,12H2,1-2H3,(H,28,35);1H/t15?,16?,17-;/m0./s1. The Bertz CT molecular complexity index is 1210. The highest BCUT2D eigenvalue weighted by Crippen LogP contribution is 2.37. The molecule has 0 aromatic carbocycles. The van der Waals surface area contributed by atoms with Gasteiger partial charge < -0.3 is 15.3 Å². The van der Waals surface area contributed by atoms with E-state index in [9.17, 15) is 18.7 Å². The summed E-state index contributed by atoms with van der Waals surface area (Å²) >= 11 is 0. The first-order chi connectivity index (χ1) is 16.8. The van der Waals surface area contributed by atoms with Crippen LogP contribution in [0.3, 0.4) is 0 Å². The molecule has 5 rings (SSSR count). The monoisotopic (exact) mass is 489 g/mol. The Hall–Kier alpha value is -3.08. The molecule has 2 N–H and O–H groups in total. The zero-order valence-electron chi connectivity index (χ0n) is 19.9. The van der Waals surface area contributed by atoms with Crippen molar-refractivity contribution in [2.45, 2.75) is 64.5 Å². The molecule has 0 bridgehead atoms. The van der Waals surface area contributed by atoms with Gasteiger partial charge in [-0.25, -0.2) is 18.3 Å². The number of alkyl halides is 2. The molecule has 0 spiro atoms. The quantitative estimate of drug-likeness (QED) is 0.535. The molecule has 4 heterocycles. The van der Waals surface area contributed by atoms with E-state index in [2.05, 4.69) is 34.3 Å². The molecule has 1 atom stereocenters. The molecule has 3 aromatic rings. The minimum absolute atomic E-state index is 0. The van der Waals surface area contributed by atoms with E-state index < -0.39 is 24.1 Å². The fraction of sp³-hybridized carbons (Fsp3) is 0.583. The van der Waals surface area contributed by atoms with E-state index in [4.69, 9.17) is 0 Å². The SMILES string of the molecule is CC(C)C1CCC(n2cc(NC(=O)c3cnn4ccc(N5CC[C@H](O)C5)nc34)c(C(F)F)n2)CC1.[HH]. The van der Waals surface area contributed by atoms with Crippen LogP contribution in [0.15, 0.2) is 24.7 Å². The summed E-state index contributed by atoms with van der Waals surface area (Å²) in [6, 6.07) is 1.82. The largest absolute Gasteiger partial charge is 0.391 e. The summed E-state index contributed by atoms with van der Waals surface area (Å²) in [4.78, 5) is 19.6. The van der Waals surface area contributed by atoms with Gasteiger partial charge in [0.1, 0.15) is 11.4 Å². The first kappa shape index (κ1) is 23.7. The van der Waals surface area contributed by atoms with Crippen molar-refractivity contribution in [3.8, 4) is 0 Å². The molecular formula is C24H33F2N7O2. The highest BCUT2D eigenvalue weighted by atomic mass is 19.3. The van der Waals surface area contributed by atoms with Crippen LogP contribution in [-0.2, 0) is 0 Å². The Kier molecular flexibility index (Phi) is 6.43. The predicted molar refractivity (Wildman–Crippen MR) is 129 cm³/mol. The number of nitrogens with one attached hydrogen (secondary N) is 1. The van der Waals surface area contributed by atoms with Gasteiger partial charge in [0.15, 0.2) is 11.3 Å². The number of rotatable bonds is 6. The third-order valence-corrected chi connectivity index (χ3v) is 7.36. The number of β-amino-alcohol motifs (C(OH)–C–C–N with tert-alkyl or cyclic N) is 1. The molecule has 1 aliphatic heterocycles. The maximum absolute atomic E-state index is 13.8. The molecule has 1 saturated carbocycles. The molecule has 190 valence electrons. The predicted octanol–water partition coefficient (Wildman–Crippen LogP) is 4.32. The van der Waals surface area contributed by atoms with Crippen molar-refractivity contribution in [3.63, 3.8) is 0 Å². The number of amides is 1. The van der Waals surface area contributed by atoms with Crippen LogP contribution in [0.2, 0.25) is 0 Å². The van der Waals surface area contributed by atoms with Crippen molar-refractivity contribution in [2.24, 2.45) is 11.8 Å². The van der Waals surface area contributed by atoms with Crippen LogP contribution in [0.5, 0.6) is 0 Å². The van der Waals surface area contributed by atoms with E-state index in [1.807, 2.05) is 4.90 Å². The molecule has 2 fully saturated rings. The minimum Gasteiger partial charge on any atom is -0.391 e. The van der Waals surface area contributed by atoms with Gasteiger partial charge in [-0.3, -0.25) is 9.48 Å². The first-order valence-electron chi connectivity index (χ1n) is 12.3. The van der Waals surface area contributed by atoms with Gasteiger partial charge in [-0.1, -0.05) is 13.8 Å². The van der Waals surface area contributed by atoms with Gasteiger partial charge in [-0.15, -0.1) is 0 Å². The van der Waals surface area contributed by atoms with E-state index in [0.29, 0.717) is 42.8 Å². The smallest absolute Gasteiger partial charge is 0.284 e. The molecule has 2 aliphatic rings. The number of nitrogens with zero attached hydrogens (tertiary/aromatic N) is 6. The van der Waals surface area contributed by atoms with Crippen LogP contribution in [0.4, 0.5) is 20.3 Å². The van der Waals surface area contributed by atoms with Crippen LogP contribution in [0, 0.1) is 11.8 Å². The van der Waals surface area contributed by atoms with Crippen molar-refractivity contribution in [1.29, 1.82) is 0 Å². The Balaban J connectivity index is 0.00000304. The lowest BCUT2D eigenvalue weighted by Gasteiger charge is -2.30. The fourth-order valence-electron chi connectivity index (χ4n) is 5.22. The molecule has 0 radical (unpaired) electrons. The average molecular weight is 490 g/mol. The van der Waals surface area contributed by atoms with E-state index in [-0.39, 0.29) is 18.7 Å². The summed E-state index contributed by atoms with van der Waals surface area (Å²) in [5.41, 5.74) is 0.0750. The van der Waals surface area contributed by atoms with Gasteiger partial charge in [-0.05, 0) is 50.0 Å². The lowest BCUT2D eigenvalue weighted by atomic mass is 9.80. The maximum Gasteiger partial charge on any atom is 0.284 e. The van der Waals surface area contributed by atoms with Gasteiger partial charge in [0.05, 0.1) is 24.0 Å². The van der Waals surface area contributed by atoms with E-state index >= 15 is 0 Å². The maximum atomic E-state index is 13.8. The number of fused-ring (bicyclic) bond motifs is 1. The van der Waals surface area contributed by atoms with E-state index in [1.165, 1.54) is 16.9 Å². The van der Waals surface area contributed by atoms with Gasteiger partial charge in [0, 0.05) is 26.9 Å². The summed E-state index contributed by atoms with van der Waals surface area (Å²) in [6.07, 6.45) is 5.86. The van der Waals surface area contributed by atoms with Crippen LogP contribution < -0.4 is 10.2 Å². The number of carbonyl (C=O) groups excluding carboxylic acids is 1. The van der Waals surface area contributed by atoms with Crippen LogP contribution in [0.25, 0.3) is 5.65 Å². The van der Waals surface area contributed by atoms with Crippen molar-refractivity contribution < 1.29 is 20.1 Å². The Morgan fingerprint density at radius 3 is 2.66 bits per heavy atom. The lowest BCUT2D eigenvalue weighted by molar-refractivity contribution is 0.102. The summed E-state index contributed by atoms with van der Waals surface area (Å²) < 4.78 is 30.7. The molecule has 35 heavy (non-hydrogen) atoms. The van der Waals surface area contributed by atoms with Crippen molar-refractivity contribution in [3.05, 3.63) is 35.9 Å². The number of hydrogen-bond donors (Lipinski definition) is 2. The number of aliphatic hydroxyl groups excluding tert-OH is 1. The molecule has 11 heteroatoms. The van der Waals surface area contributed by atoms with E-state index in [1.54, 1.807) is 16.9 Å². The molecule has 1 saturated heterocycles. The third kappa shape index (κ3) is 4.73. The second-order valence-corrected chi connectivity index (χ2v) is 9.98. The van der Waals surface area contributed by atoms with Crippen LogP contribution in [0.1, 0.15) is 75.9 Å². The average Bonchev–Trinajstić information content (AvgIpc) is 3.56. The summed E-state index contributed by atoms with van der Waals surface area (Å²) in [5.74, 6) is 1.31. The van der Waals surface area contributed by atoms with Crippen molar-refractivity contribution in [1.82, 2.24) is 24.4 Å². The van der Waals surface area contributed by atoms with Gasteiger partial charge in [0.2, 0.25) is 0 Å². The normalized spacial score (nSPS) is 23.1. The number of aromatic nitrogens is 5. The summed E-state index contributed by atoms with van der Waals surface area (Å²) in [6.45, 7) is 5.56. The summed E-state index contributed by atoms with van der Waals surface area (Å²) in [7, 11) is 0. The fourth-order valence-corrected chi connectivity index (χ4v) is 5.22. The molecular weight excluding hydrogens is 456 g/mol.